The van der Waals surface area contributed by atoms with E-state index in [1.165, 1.54) is 40.9 Å². The number of aromatic nitrogens is 2. The van der Waals surface area contributed by atoms with E-state index in [1.807, 2.05) is 0 Å². The summed E-state index contributed by atoms with van der Waals surface area (Å²) in [7, 11) is 4.14. The lowest BCUT2D eigenvalue weighted by Crippen LogP contribution is -2.09. The third-order valence-corrected chi connectivity index (χ3v) is 5.57. The monoisotopic (exact) mass is 374 g/mol. The van der Waals surface area contributed by atoms with Gasteiger partial charge in [-0.15, -0.1) is 0 Å². The molecule has 0 atom stereocenters. The van der Waals surface area contributed by atoms with Gasteiger partial charge >= 0.3 is 0 Å². The summed E-state index contributed by atoms with van der Waals surface area (Å²) in [6, 6.07) is 17.4. The molecule has 0 radical (unpaired) electrons. The van der Waals surface area contributed by atoms with Crippen molar-refractivity contribution < 1.29 is 0 Å². The lowest BCUT2D eigenvalue weighted by molar-refractivity contribution is 0.776. The highest BCUT2D eigenvalue weighted by atomic mass is 15.3. The van der Waals surface area contributed by atoms with Crippen LogP contribution < -0.4 is 10.2 Å². The number of fused-ring (bicyclic) bond motifs is 1. The van der Waals surface area contributed by atoms with Crippen LogP contribution in [0.2, 0.25) is 0 Å². The van der Waals surface area contributed by atoms with Gasteiger partial charge in [0.05, 0.1) is 11.4 Å². The zero-order valence-electron chi connectivity index (χ0n) is 17.4. The van der Waals surface area contributed by atoms with Crippen molar-refractivity contribution in [2.75, 3.05) is 30.9 Å². The Morgan fingerprint density at radius 2 is 1.75 bits per heavy atom. The van der Waals surface area contributed by atoms with Gasteiger partial charge in [-0.25, -0.2) is 4.68 Å². The van der Waals surface area contributed by atoms with E-state index < -0.39 is 0 Å². The van der Waals surface area contributed by atoms with Gasteiger partial charge in [0.1, 0.15) is 5.82 Å². The molecule has 4 heteroatoms. The van der Waals surface area contributed by atoms with Crippen LogP contribution in [-0.4, -0.2) is 30.4 Å². The predicted octanol–water partition coefficient (Wildman–Crippen LogP) is 5.48. The number of benzene rings is 2. The van der Waals surface area contributed by atoms with E-state index >= 15 is 0 Å². The van der Waals surface area contributed by atoms with Gasteiger partial charge in [-0.1, -0.05) is 44.2 Å². The fraction of sp³-hybridized carbons (Fsp3) is 0.375. The molecule has 0 aliphatic carbocycles. The molecule has 0 fully saturated rings. The van der Waals surface area contributed by atoms with Crippen molar-refractivity contribution in [2.45, 2.75) is 39.0 Å². The Bertz CT molecular complexity index is 951. The first-order chi connectivity index (χ1) is 13.6. The molecule has 0 unspecified atom stereocenters. The van der Waals surface area contributed by atoms with Gasteiger partial charge in [-0.3, -0.25) is 0 Å². The maximum absolute atomic E-state index is 5.13. The summed E-state index contributed by atoms with van der Waals surface area (Å²) in [5.41, 5.74) is 7.35. The van der Waals surface area contributed by atoms with Gasteiger partial charge in [0.2, 0.25) is 0 Å². The van der Waals surface area contributed by atoms with Crippen LogP contribution in [0.15, 0.2) is 48.5 Å². The largest absolute Gasteiger partial charge is 0.378 e. The summed E-state index contributed by atoms with van der Waals surface area (Å²) < 4.78 is 2.14. The Hall–Kier alpha value is -2.75. The van der Waals surface area contributed by atoms with Gasteiger partial charge in [0, 0.05) is 37.5 Å². The molecular formula is C24H30N4. The second-order valence-corrected chi connectivity index (χ2v) is 8.13. The summed E-state index contributed by atoms with van der Waals surface area (Å²) >= 11 is 0. The molecule has 4 nitrogen and oxygen atoms in total. The highest BCUT2D eigenvalue weighted by Gasteiger charge is 2.23. The zero-order valence-corrected chi connectivity index (χ0v) is 17.4. The average Bonchev–Trinajstić information content (AvgIpc) is 2.88. The van der Waals surface area contributed by atoms with Crippen LogP contribution in [0.3, 0.4) is 0 Å². The number of anilines is 2. The summed E-state index contributed by atoms with van der Waals surface area (Å²) in [4.78, 5) is 2.13. The zero-order chi connectivity index (χ0) is 19.7. The smallest absolute Gasteiger partial charge is 0.133 e. The molecule has 0 saturated heterocycles. The number of hydrogen-bond acceptors (Lipinski definition) is 3. The Morgan fingerprint density at radius 3 is 2.46 bits per heavy atom. The van der Waals surface area contributed by atoms with Crippen molar-refractivity contribution in [1.82, 2.24) is 9.78 Å². The molecule has 0 bridgehead atoms. The van der Waals surface area contributed by atoms with Crippen molar-refractivity contribution in [2.24, 2.45) is 0 Å². The first kappa shape index (κ1) is 18.6. The van der Waals surface area contributed by atoms with Crippen molar-refractivity contribution in [3.8, 4) is 16.9 Å². The number of hydrogen-bond donors (Lipinski definition) is 1. The van der Waals surface area contributed by atoms with Crippen molar-refractivity contribution in [3.05, 3.63) is 59.7 Å². The molecule has 2 aromatic carbocycles. The van der Waals surface area contributed by atoms with Crippen LogP contribution in [0.25, 0.3) is 16.9 Å². The Kier molecular flexibility index (Phi) is 5.12. The van der Waals surface area contributed by atoms with Gasteiger partial charge in [-0.2, -0.15) is 5.10 Å². The van der Waals surface area contributed by atoms with Crippen LogP contribution in [-0.2, 0) is 6.42 Å². The summed E-state index contributed by atoms with van der Waals surface area (Å²) in [5.74, 6) is 1.61. The van der Waals surface area contributed by atoms with E-state index in [1.54, 1.807) is 0 Å². The highest BCUT2D eigenvalue weighted by Crippen LogP contribution is 2.36. The molecule has 0 spiro atoms. The molecule has 28 heavy (non-hydrogen) atoms. The molecule has 1 aliphatic heterocycles. The summed E-state index contributed by atoms with van der Waals surface area (Å²) in [6.07, 6.45) is 3.46. The average molecular weight is 375 g/mol. The number of para-hydroxylation sites is 1. The third kappa shape index (κ3) is 3.39. The molecule has 4 rings (SSSR count). The SMILES string of the molecule is CC(C)c1ccccc1-n1nc(-c2ccc(N(C)C)cc2)c2c1NCCCC2. The van der Waals surface area contributed by atoms with E-state index in [-0.39, 0.29) is 0 Å². The van der Waals surface area contributed by atoms with Crippen LogP contribution in [0.4, 0.5) is 11.5 Å². The number of nitrogens with one attached hydrogen (secondary N) is 1. The molecule has 146 valence electrons. The van der Waals surface area contributed by atoms with Crippen molar-refractivity contribution in [3.63, 3.8) is 0 Å². The minimum Gasteiger partial charge on any atom is -0.378 e. The quantitative estimate of drug-likeness (QED) is 0.657. The predicted molar refractivity (Wildman–Crippen MR) is 119 cm³/mol. The minimum atomic E-state index is 0.449. The standard InChI is InChI=1S/C24H30N4/c1-17(2)20-9-5-6-11-22(20)28-24-21(10-7-8-16-25-24)23(26-28)18-12-14-19(15-13-18)27(3)4/h5-6,9,11-15,17,25H,7-8,10,16H2,1-4H3. The van der Waals surface area contributed by atoms with Crippen LogP contribution in [0.1, 0.15) is 43.7 Å². The first-order valence-electron chi connectivity index (χ1n) is 10.3. The van der Waals surface area contributed by atoms with Crippen molar-refractivity contribution >= 4 is 11.5 Å². The van der Waals surface area contributed by atoms with Gasteiger partial charge in [-0.05, 0) is 48.9 Å². The molecule has 1 aliphatic rings. The van der Waals surface area contributed by atoms with E-state index in [4.69, 9.17) is 5.10 Å². The molecule has 0 amide bonds. The maximum atomic E-state index is 5.13. The highest BCUT2D eigenvalue weighted by molar-refractivity contribution is 5.73. The lowest BCUT2D eigenvalue weighted by Gasteiger charge is -2.15. The second kappa shape index (κ2) is 7.70. The fourth-order valence-corrected chi connectivity index (χ4v) is 3.99. The minimum absolute atomic E-state index is 0.449. The third-order valence-electron chi connectivity index (χ3n) is 5.57. The topological polar surface area (TPSA) is 33.1 Å². The summed E-state index contributed by atoms with van der Waals surface area (Å²) in [6.45, 7) is 5.49. The van der Waals surface area contributed by atoms with E-state index in [2.05, 4.69) is 91.4 Å². The van der Waals surface area contributed by atoms with Crippen LogP contribution in [0.5, 0.6) is 0 Å². The number of rotatable bonds is 4. The van der Waals surface area contributed by atoms with Crippen LogP contribution >= 0.6 is 0 Å². The normalized spacial score (nSPS) is 13.8. The van der Waals surface area contributed by atoms with Gasteiger partial charge < -0.3 is 10.2 Å². The molecule has 0 saturated carbocycles. The Balaban J connectivity index is 1.88. The lowest BCUT2D eigenvalue weighted by atomic mass is 10.0. The van der Waals surface area contributed by atoms with Crippen molar-refractivity contribution in [1.29, 1.82) is 0 Å². The Labute approximate surface area is 168 Å². The first-order valence-corrected chi connectivity index (χ1v) is 10.3. The summed E-state index contributed by atoms with van der Waals surface area (Å²) in [5, 5.41) is 8.80. The van der Waals surface area contributed by atoms with E-state index in [9.17, 15) is 0 Å². The molecule has 1 aromatic heterocycles. The molecule has 3 aromatic rings. The molecular weight excluding hydrogens is 344 g/mol. The molecule has 1 N–H and O–H groups in total. The fourth-order valence-electron chi connectivity index (χ4n) is 3.99. The second-order valence-electron chi connectivity index (χ2n) is 8.13. The van der Waals surface area contributed by atoms with E-state index in [0.717, 1.165) is 24.5 Å². The molecule has 2 heterocycles. The Morgan fingerprint density at radius 1 is 1.00 bits per heavy atom. The van der Waals surface area contributed by atoms with Gasteiger partial charge in [0.25, 0.3) is 0 Å². The van der Waals surface area contributed by atoms with Gasteiger partial charge in [0.15, 0.2) is 0 Å². The van der Waals surface area contributed by atoms with Crippen LogP contribution in [0, 0.1) is 0 Å². The maximum Gasteiger partial charge on any atom is 0.133 e. The number of nitrogens with zero attached hydrogens (tertiary/aromatic N) is 3. The van der Waals surface area contributed by atoms with E-state index in [0.29, 0.717) is 5.92 Å².